The van der Waals surface area contributed by atoms with Gasteiger partial charge in [0, 0.05) is 35.3 Å². The van der Waals surface area contributed by atoms with E-state index < -0.39 is 0 Å². The van der Waals surface area contributed by atoms with Crippen LogP contribution in [0.15, 0.2) is 17.2 Å². The standard InChI is InChI=1S/C18H21I2N7O2/c19-13-9-12(15(28)14(20)10-13)11-21-25-16-22-17(26-3-1-2-4-26)24-18(23-16)27-5-7-29-8-6-27/h9-11,28H,1-8H2,(H,22,23,24,25)/b21-11+. The van der Waals surface area contributed by atoms with Crippen LogP contribution in [0.25, 0.3) is 0 Å². The molecule has 2 aliphatic rings. The molecule has 2 N–H and O–H groups in total. The molecule has 2 saturated heterocycles. The summed E-state index contributed by atoms with van der Waals surface area (Å²) in [5, 5.41) is 14.5. The van der Waals surface area contributed by atoms with Crippen LogP contribution in [0.3, 0.4) is 0 Å². The van der Waals surface area contributed by atoms with Crippen molar-refractivity contribution in [1.82, 2.24) is 15.0 Å². The van der Waals surface area contributed by atoms with Crippen molar-refractivity contribution < 1.29 is 9.84 Å². The van der Waals surface area contributed by atoms with Gasteiger partial charge in [-0.3, -0.25) is 0 Å². The monoisotopic (exact) mass is 621 g/mol. The van der Waals surface area contributed by atoms with Gasteiger partial charge < -0.3 is 19.6 Å². The fourth-order valence-corrected chi connectivity index (χ4v) is 5.10. The van der Waals surface area contributed by atoms with Crippen molar-refractivity contribution in [2.45, 2.75) is 12.8 Å². The van der Waals surface area contributed by atoms with Gasteiger partial charge in [0.2, 0.25) is 17.8 Å². The van der Waals surface area contributed by atoms with Gasteiger partial charge in [0.25, 0.3) is 0 Å². The van der Waals surface area contributed by atoms with Crippen LogP contribution >= 0.6 is 45.2 Å². The van der Waals surface area contributed by atoms with Crippen LogP contribution in [-0.2, 0) is 4.74 Å². The molecule has 0 saturated carbocycles. The minimum absolute atomic E-state index is 0.207. The van der Waals surface area contributed by atoms with Crippen molar-refractivity contribution in [2.24, 2.45) is 5.10 Å². The van der Waals surface area contributed by atoms with Crippen molar-refractivity contribution in [3.8, 4) is 5.75 Å². The third-order valence-corrected chi connectivity index (χ3v) is 6.17. The molecule has 29 heavy (non-hydrogen) atoms. The zero-order valence-electron chi connectivity index (χ0n) is 15.7. The number of ether oxygens (including phenoxy) is 1. The number of halogens is 2. The Kier molecular flexibility index (Phi) is 6.85. The molecule has 0 spiro atoms. The maximum Gasteiger partial charge on any atom is 0.250 e. The summed E-state index contributed by atoms with van der Waals surface area (Å²) in [6, 6.07) is 3.77. The van der Waals surface area contributed by atoms with E-state index in [1.165, 1.54) is 0 Å². The quantitative estimate of drug-likeness (QED) is 0.299. The predicted octanol–water partition coefficient (Wildman–Crippen LogP) is 2.67. The molecule has 0 aliphatic carbocycles. The summed E-state index contributed by atoms with van der Waals surface area (Å²) in [6.07, 6.45) is 3.86. The van der Waals surface area contributed by atoms with E-state index in [0.717, 1.165) is 46.2 Å². The lowest BCUT2D eigenvalue weighted by molar-refractivity contribution is 0.122. The second kappa shape index (κ2) is 9.55. The van der Waals surface area contributed by atoms with E-state index in [2.05, 4.69) is 80.5 Å². The Balaban J connectivity index is 1.57. The van der Waals surface area contributed by atoms with E-state index in [-0.39, 0.29) is 5.75 Å². The molecule has 2 aliphatic heterocycles. The van der Waals surface area contributed by atoms with Crippen LogP contribution in [0.2, 0.25) is 0 Å². The number of phenols is 1. The summed E-state index contributed by atoms with van der Waals surface area (Å²) >= 11 is 4.32. The molecule has 2 fully saturated rings. The van der Waals surface area contributed by atoms with Crippen molar-refractivity contribution >= 4 is 69.2 Å². The van der Waals surface area contributed by atoms with Crippen molar-refractivity contribution in [3.05, 3.63) is 24.8 Å². The van der Waals surface area contributed by atoms with Crippen LogP contribution in [-0.4, -0.2) is 65.7 Å². The summed E-state index contributed by atoms with van der Waals surface area (Å²) in [5.74, 6) is 1.90. The summed E-state index contributed by atoms with van der Waals surface area (Å²) in [5.41, 5.74) is 3.54. The molecule has 1 aromatic heterocycles. The Bertz CT molecular complexity index is 900. The summed E-state index contributed by atoms with van der Waals surface area (Å²) in [7, 11) is 0. The van der Waals surface area contributed by atoms with Gasteiger partial charge in [-0.25, -0.2) is 5.43 Å². The second-order valence-corrected chi connectivity index (χ2v) is 9.16. The van der Waals surface area contributed by atoms with Gasteiger partial charge in [0.15, 0.2) is 0 Å². The van der Waals surface area contributed by atoms with Crippen LogP contribution < -0.4 is 15.2 Å². The highest BCUT2D eigenvalue weighted by Gasteiger charge is 2.21. The fourth-order valence-electron chi connectivity index (χ4n) is 3.21. The van der Waals surface area contributed by atoms with E-state index in [1.54, 1.807) is 6.21 Å². The zero-order valence-corrected chi connectivity index (χ0v) is 20.0. The smallest absolute Gasteiger partial charge is 0.250 e. The second-order valence-electron chi connectivity index (χ2n) is 6.75. The SMILES string of the molecule is Oc1c(I)cc(I)cc1/C=N/Nc1nc(N2CCCC2)nc(N2CCOCC2)n1. The van der Waals surface area contributed by atoms with Gasteiger partial charge in [-0.15, -0.1) is 0 Å². The summed E-state index contributed by atoms with van der Waals surface area (Å²) in [4.78, 5) is 18.1. The summed E-state index contributed by atoms with van der Waals surface area (Å²) < 4.78 is 7.24. The topological polar surface area (TPSA) is 99.0 Å². The summed E-state index contributed by atoms with van der Waals surface area (Å²) in [6.45, 7) is 4.72. The zero-order chi connectivity index (χ0) is 20.2. The molecule has 3 heterocycles. The highest BCUT2D eigenvalue weighted by Crippen LogP contribution is 2.26. The maximum absolute atomic E-state index is 10.2. The van der Waals surface area contributed by atoms with Crippen molar-refractivity contribution in [3.63, 3.8) is 0 Å². The molecule has 11 heteroatoms. The Morgan fingerprint density at radius 1 is 1.00 bits per heavy atom. The molecule has 0 atom stereocenters. The predicted molar refractivity (Wildman–Crippen MR) is 129 cm³/mol. The van der Waals surface area contributed by atoms with Crippen LogP contribution in [0.4, 0.5) is 17.8 Å². The molecule has 0 radical (unpaired) electrons. The fraction of sp³-hybridized carbons (Fsp3) is 0.444. The molecular weight excluding hydrogens is 600 g/mol. The molecule has 2 aromatic rings. The number of phenolic OH excluding ortho intramolecular Hbond substituents is 1. The third kappa shape index (κ3) is 5.17. The molecule has 154 valence electrons. The highest BCUT2D eigenvalue weighted by atomic mass is 127. The van der Waals surface area contributed by atoms with Crippen LogP contribution in [0.5, 0.6) is 5.75 Å². The Morgan fingerprint density at radius 2 is 1.66 bits per heavy atom. The number of anilines is 3. The van der Waals surface area contributed by atoms with Gasteiger partial charge in [-0.1, -0.05) is 0 Å². The van der Waals surface area contributed by atoms with E-state index in [4.69, 9.17) is 4.74 Å². The average molecular weight is 621 g/mol. The average Bonchev–Trinajstić information content (AvgIpc) is 3.27. The van der Waals surface area contributed by atoms with E-state index in [0.29, 0.717) is 36.6 Å². The first-order valence-electron chi connectivity index (χ1n) is 9.41. The lowest BCUT2D eigenvalue weighted by Gasteiger charge is -2.27. The Labute approximate surface area is 196 Å². The van der Waals surface area contributed by atoms with E-state index >= 15 is 0 Å². The van der Waals surface area contributed by atoms with E-state index in [9.17, 15) is 5.11 Å². The van der Waals surface area contributed by atoms with Gasteiger partial charge in [0.1, 0.15) is 5.75 Å². The van der Waals surface area contributed by atoms with Gasteiger partial charge in [-0.05, 0) is 70.2 Å². The number of rotatable bonds is 5. The van der Waals surface area contributed by atoms with Crippen molar-refractivity contribution in [2.75, 3.05) is 54.6 Å². The number of morpholine rings is 1. The number of aromatic nitrogens is 3. The molecule has 0 amide bonds. The number of nitrogens with one attached hydrogen (secondary N) is 1. The van der Waals surface area contributed by atoms with Crippen molar-refractivity contribution in [1.29, 1.82) is 0 Å². The first kappa shape index (κ1) is 20.8. The Morgan fingerprint density at radius 3 is 2.34 bits per heavy atom. The molecule has 4 rings (SSSR count). The number of aromatic hydroxyl groups is 1. The first-order chi connectivity index (χ1) is 14.1. The largest absolute Gasteiger partial charge is 0.506 e. The minimum Gasteiger partial charge on any atom is -0.506 e. The van der Waals surface area contributed by atoms with E-state index in [1.807, 2.05) is 12.1 Å². The normalized spacial score (nSPS) is 17.3. The molecular formula is C18H21I2N7O2. The number of hydrogen-bond donors (Lipinski definition) is 2. The molecule has 9 nitrogen and oxygen atoms in total. The number of benzene rings is 1. The van der Waals surface area contributed by atoms with Gasteiger partial charge in [-0.2, -0.15) is 20.1 Å². The third-order valence-electron chi connectivity index (χ3n) is 4.72. The highest BCUT2D eigenvalue weighted by molar-refractivity contribution is 14.1. The Hall–Kier alpha value is -1.48. The number of hydrogen-bond acceptors (Lipinski definition) is 9. The lowest BCUT2D eigenvalue weighted by Crippen LogP contribution is -2.38. The first-order valence-corrected chi connectivity index (χ1v) is 11.6. The number of nitrogens with zero attached hydrogens (tertiary/aromatic N) is 6. The van der Waals surface area contributed by atoms with Gasteiger partial charge >= 0.3 is 0 Å². The lowest BCUT2D eigenvalue weighted by atomic mass is 10.2. The molecule has 0 unspecified atom stereocenters. The number of hydrazone groups is 1. The van der Waals surface area contributed by atoms with Crippen LogP contribution in [0, 0.1) is 7.14 Å². The molecule has 1 aromatic carbocycles. The molecule has 0 bridgehead atoms. The van der Waals surface area contributed by atoms with Crippen LogP contribution in [0.1, 0.15) is 18.4 Å². The maximum atomic E-state index is 10.2. The minimum atomic E-state index is 0.207. The van der Waals surface area contributed by atoms with Gasteiger partial charge in [0.05, 0.1) is 23.0 Å².